The first-order chi connectivity index (χ1) is 9.61. The summed E-state index contributed by atoms with van der Waals surface area (Å²) >= 11 is 0. The van der Waals surface area contributed by atoms with E-state index in [9.17, 15) is 4.79 Å². The first kappa shape index (κ1) is 17.5. The van der Waals surface area contributed by atoms with Gasteiger partial charge in [0.15, 0.2) is 0 Å². The number of carbonyl (C=O) groups is 1. The van der Waals surface area contributed by atoms with Gasteiger partial charge in [0, 0.05) is 0 Å². The van der Waals surface area contributed by atoms with E-state index in [1.54, 1.807) is 0 Å². The van der Waals surface area contributed by atoms with Crippen LogP contribution in [-0.4, -0.2) is 12.6 Å². The highest BCUT2D eigenvalue weighted by Gasteiger charge is 2.22. The summed E-state index contributed by atoms with van der Waals surface area (Å²) in [5, 5.41) is 0. The molecule has 1 fully saturated rings. The molecular weight excluding hydrogens is 248 g/mol. The summed E-state index contributed by atoms with van der Waals surface area (Å²) in [4.78, 5) is 10.4. The lowest BCUT2D eigenvalue weighted by molar-refractivity contribution is -0.135. The van der Waals surface area contributed by atoms with Crippen LogP contribution < -0.4 is 0 Å². The lowest BCUT2D eigenvalue weighted by atomic mass is 9.83. The summed E-state index contributed by atoms with van der Waals surface area (Å²) in [5.41, 5.74) is 0. The van der Waals surface area contributed by atoms with E-state index >= 15 is 0 Å². The van der Waals surface area contributed by atoms with Gasteiger partial charge in [0.1, 0.15) is 6.10 Å². The molecule has 0 saturated heterocycles. The van der Waals surface area contributed by atoms with Crippen molar-refractivity contribution in [1.82, 2.24) is 0 Å². The molecular formula is C18H34O2. The van der Waals surface area contributed by atoms with Crippen molar-refractivity contribution in [2.45, 2.75) is 91.1 Å². The highest BCUT2D eigenvalue weighted by atomic mass is 16.5. The van der Waals surface area contributed by atoms with Crippen LogP contribution in [-0.2, 0) is 9.53 Å². The van der Waals surface area contributed by atoms with Gasteiger partial charge in [0.05, 0.1) is 0 Å². The Labute approximate surface area is 125 Å². The van der Waals surface area contributed by atoms with Gasteiger partial charge in [-0.05, 0) is 37.0 Å². The number of hydrogen-bond donors (Lipinski definition) is 0. The Morgan fingerprint density at radius 3 is 2.55 bits per heavy atom. The third-order valence-electron chi connectivity index (χ3n) is 4.77. The molecule has 0 spiro atoms. The molecule has 1 rings (SSSR count). The molecule has 0 heterocycles. The Bertz CT molecular complexity index is 250. The monoisotopic (exact) mass is 282 g/mol. The van der Waals surface area contributed by atoms with Crippen LogP contribution in [0.4, 0.5) is 0 Å². The van der Waals surface area contributed by atoms with Crippen molar-refractivity contribution in [3.8, 4) is 0 Å². The van der Waals surface area contributed by atoms with Gasteiger partial charge in [-0.2, -0.15) is 0 Å². The van der Waals surface area contributed by atoms with Crippen LogP contribution >= 0.6 is 0 Å². The highest BCUT2D eigenvalue weighted by molar-refractivity contribution is 5.37. The van der Waals surface area contributed by atoms with E-state index in [1.165, 1.54) is 51.4 Å². The van der Waals surface area contributed by atoms with E-state index in [1.807, 2.05) is 0 Å². The van der Waals surface area contributed by atoms with Crippen LogP contribution in [0.25, 0.3) is 0 Å². The van der Waals surface area contributed by atoms with Crippen molar-refractivity contribution in [3.63, 3.8) is 0 Å². The van der Waals surface area contributed by atoms with E-state index in [0.29, 0.717) is 6.47 Å². The molecule has 0 aliphatic heterocycles. The zero-order chi connectivity index (χ0) is 14.8. The lowest BCUT2D eigenvalue weighted by Gasteiger charge is -2.28. The minimum absolute atomic E-state index is 0.203. The average molecular weight is 282 g/mol. The molecule has 0 aromatic heterocycles. The minimum atomic E-state index is 0.203. The maximum atomic E-state index is 10.4. The summed E-state index contributed by atoms with van der Waals surface area (Å²) in [5.74, 6) is 2.51. The molecule has 0 N–H and O–H groups in total. The van der Waals surface area contributed by atoms with Crippen LogP contribution in [0.1, 0.15) is 85.0 Å². The van der Waals surface area contributed by atoms with Crippen molar-refractivity contribution in [2.75, 3.05) is 0 Å². The molecule has 1 saturated carbocycles. The lowest BCUT2D eigenvalue weighted by Crippen LogP contribution is -2.22. The van der Waals surface area contributed by atoms with Crippen molar-refractivity contribution in [2.24, 2.45) is 17.8 Å². The second kappa shape index (κ2) is 10.2. The fraction of sp³-hybridized carbons (Fsp3) is 0.944. The summed E-state index contributed by atoms with van der Waals surface area (Å²) in [6.07, 6.45) is 13.1. The average Bonchev–Trinajstić information content (AvgIpc) is 2.39. The van der Waals surface area contributed by atoms with E-state index < -0.39 is 0 Å². The van der Waals surface area contributed by atoms with Crippen LogP contribution in [0.15, 0.2) is 0 Å². The number of ether oxygens (including phenoxy) is 1. The summed E-state index contributed by atoms with van der Waals surface area (Å²) < 4.78 is 5.14. The topological polar surface area (TPSA) is 26.3 Å². The van der Waals surface area contributed by atoms with Gasteiger partial charge >= 0.3 is 0 Å². The van der Waals surface area contributed by atoms with Gasteiger partial charge in [-0.15, -0.1) is 0 Å². The predicted molar refractivity (Wildman–Crippen MR) is 84.6 cm³/mol. The number of carbonyl (C=O) groups excluding carboxylic acids is 1. The molecule has 3 unspecified atom stereocenters. The van der Waals surface area contributed by atoms with Crippen LogP contribution in [0.3, 0.4) is 0 Å². The fourth-order valence-corrected chi connectivity index (χ4v) is 3.48. The normalized spacial score (nSPS) is 24.6. The van der Waals surface area contributed by atoms with Crippen molar-refractivity contribution < 1.29 is 9.53 Å². The van der Waals surface area contributed by atoms with Crippen molar-refractivity contribution in [1.29, 1.82) is 0 Å². The maximum Gasteiger partial charge on any atom is 0.293 e. The smallest absolute Gasteiger partial charge is 0.293 e. The van der Waals surface area contributed by atoms with Crippen molar-refractivity contribution in [3.05, 3.63) is 0 Å². The predicted octanol–water partition coefficient (Wildman–Crippen LogP) is 5.35. The fourth-order valence-electron chi connectivity index (χ4n) is 3.48. The van der Waals surface area contributed by atoms with Crippen molar-refractivity contribution >= 4 is 6.47 Å². The zero-order valence-electron chi connectivity index (χ0n) is 13.8. The molecule has 2 heteroatoms. The largest absolute Gasteiger partial charge is 0.465 e. The van der Waals surface area contributed by atoms with Crippen LogP contribution in [0.2, 0.25) is 0 Å². The van der Waals surface area contributed by atoms with Gasteiger partial charge in [0.25, 0.3) is 6.47 Å². The summed E-state index contributed by atoms with van der Waals surface area (Å²) in [6, 6.07) is 0. The Balaban J connectivity index is 2.06. The van der Waals surface area contributed by atoms with Gasteiger partial charge in [0.2, 0.25) is 0 Å². The quantitative estimate of drug-likeness (QED) is 0.505. The first-order valence-electron chi connectivity index (χ1n) is 8.71. The second-order valence-electron chi connectivity index (χ2n) is 7.25. The van der Waals surface area contributed by atoms with Gasteiger partial charge in [-0.1, -0.05) is 65.7 Å². The van der Waals surface area contributed by atoms with E-state index in [2.05, 4.69) is 20.8 Å². The van der Waals surface area contributed by atoms with Crippen LogP contribution in [0.5, 0.6) is 0 Å². The molecule has 0 amide bonds. The molecule has 0 aromatic carbocycles. The Hall–Kier alpha value is -0.530. The summed E-state index contributed by atoms with van der Waals surface area (Å²) in [6.45, 7) is 7.65. The highest BCUT2D eigenvalue weighted by Crippen LogP contribution is 2.30. The number of hydrogen-bond acceptors (Lipinski definition) is 2. The van der Waals surface area contributed by atoms with Gasteiger partial charge < -0.3 is 4.74 Å². The third kappa shape index (κ3) is 7.91. The van der Waals surface area contributed by atoms with E-state index in [-0.39, 0.29) is 6.10 Å². The Morgan fingerprint density at radius 2 is 1.85 bits per heavy atom. The van der Waals surface area contributed by atoms with Crippen LogP contribution in [0, 0.1) is 17.8 Å². The minimum Gasteiger partial charge on any atom is -0.465 e. The molecule has 1 aliphatic rings. The molecule has 3 atom stereocenters. The summed E-state index contributed by atoms with van der Waals surface area (Å²) in [7, 11) is 0. The Kier molecular flexibility index (Phi) is 8.97. The Morgan fingerprint density at radius 1 is 1.10 bits per heavy atom. The molecule has 20 heavy (non-hydrogen) atoms. The molecule has 0 aromatic rings. The van der Waals surface area contributed by atoms with Gasteiger partial charge in [-0.25, -0.2) is 0 Å². The zero-order valence-corrected chi connectivity index (χ0v) is 13.8. The maximum absolute atomic E-state index is 10.4. The molecule has 2 nitrogen and oxygen atoms in total. The van der Waals surface area contributed by atoms with Gasteiger partial charge in [-0.3, -0.25) is 4.79 Å². The van der Waals surface area contributed by atoms with E-state index in [4.69, 9.17) is 4.74 Å². The SMILES string of the molecule is CC(C)CCCC(C)CCCC1CCCC(OC=O)C1. The number of rotatable bonds is 10. The second-order valence-corrected chi connectivity index (χ2v) is 7.25. The molecule has 0 bridgehead atoms. The van der Waals surface area contributed by atoms with E-state index in [0.717, 1.165) is 30.6 Å². The standard InChI is InChI=1S/C18H34O2/c1-15(2)7-4-8-16(3)9-5-10-17-11-6-12-18(13-17)20-14-19/h14-18H,4-13H2,1-3H3. The molecule has 1 aliphatic carbocycles. The third-order valence-corrected chi connectivity index (χ3v) is 4.77. The first-order valence-corrected chi connectivity index (χ1v) is 8.71. The molecule has 118 valence electrons. The molecule has 0 radical (unpaired) electrons.